The second-order valence-corrected chi connectivity index (χ2v) is 5.44. The van der Waals surface area contributed by atoms with Crippen LogP contribution in [-0.4, -0.2) is 28.5 Å². The molecule has 0 fully saturated rings. The highest BCUT2D eigenvalue weighted by molar-refractivity contribution is 4.83. The van der Waals surface area contributed by atoms with E-state index in [4.69, 9.17) is 10.8 Å². The van der Waals surface area contributed by atoms with Crippen LogP contribution >= 0.6 is 0 Å². The summed E-state index contributed by atoms with van der Waals surface area (Å²) in [6.45, 7) is 6.03. The quantitative estimate of drug-likeness (QED) is 0.532. The van der Waals surface area contributed by atoms with Gasteiger partial charge in [-0.2, -0.15) is 0 Å². The van der Waals surface area contributed by atoms with Crippen LogP contribution in [0.5, 0.6) is 0 Å². The average molecular weight is 231 g/mol. The SMILES string of the molecule is CCCCCCC(CC(O)CO)C(C)(C)N. The van der Waals surface area contributed by atoms with Crippen LogP contribution in [0, 0.1) is 5.92 Å². The first-order valence-electron chi connectivity index (χ1n) is 6.49. The van der Waals surface area contributed by atoms with Gasteiger partial charge in [0.15, 0.2) is 0 Å². The molecule has 0 rings (SSSR count). The zero-order chi connectivity index (χ0) is 12.6. The molecule has 0 radical (unpaired) electrons. The van der Waals surface area contributed by atoms with Gasteiger partial charge in [0.05, 0.1) is 12.7 Å². The van der Waals surface area contributed by atoms with Crippen LogP contribution in [0.2, 0.25) is 0 Å². The van der Waals surface area contributed by atoms with Crippen molar-refractivity contribution < 1.29 is 10.2 Å². The second-order valence-electron chi connectivity index (χ2n) is 5.44. The van der Waals surface area contributed by atoms with Gasteiger partial charge in [-0.05, 0) is 32.6 Å². The minimum Gasteiger partial charge on any atom is -0.394 e. The number of hydrogen-bond donors (Lipinski definition) is 3. The molecular weight excluding hydrogens is 202 g/mol. The van der Waals surface area contributed by atoms with Gasteiger partial charge in [0.1, 0.15) is 0 Å². The predicted molar refractivity (Wildman–Crippen MR) is 68.2 cm³/mol. The van der Waals surface area contributed by atoms with Crippen LogP contribution in [0.4, 0.5) is 0 Å². The zero-order valence-electron chi connectivity index (χ0n) is 11.1. The largest absolute Gasteiger partial charge is 0.394 e. The van der Waals surface area contributed by atoms with E-state index < -0.39 is 6.10 Å². The summed E-state index contributed by atoms with van der Waals surface area (Å²) in [6, 6.07) is 0. The van der Waals surface area contributed by atoms with Gasteiger partial charge in [0, 0.05) is 5.54 Å². The molecule has 0 saturated heterocycles. The van der Waals surface area contributed by atoms with Crippen molar-refractivity contribution >= 4 is 0 Å². The third-order valence-electron chi connectivity index (χ3n) is 3.23. The van der Waals surface area contributed by atoms with E-state index in [2.05, 4.69) is 6.92 Å². The van der Waals surface area contributed by atoms with E-state index in [1.807, 2.05) is 13.8 Å². The molecule has 0 aromatic heterocycles. The smallest absolute Gasteiger partial charge is 0.0774 e. The predicted octanol–water partition coefficient (Wildman–Crippen LogP) is 2.05. The van der Waals surface area contributed by atoms with E-state index in [9.17, 15) is 5.11 Å². The Kier molecular flexibility index (Phi) is 7.98. The molecule has 2 unspecified atom stereocenters. The molecule has 0 aliphatic carbocycles. The number of rotatable bonds is 9. The van der Waals surface area contributed by atoms with Gasteiger partial charge in [0.25, 0.3) is 0 Å². The van der Waals surface area contributed by atoms with Gasteiger partial charge in [-0.1, -0.05) is 32.6 Å². The molecule has 0 heterocycles. The van der Waals surface area contributed by atoms with Gasteiger partial charge in [0.2, 0.25) is 0 Å². The third kappa shape index (κ3) is 7.20. The van der Waals surface area contributed by atoms with Gasteiger partial charge < -0.3 is 15.9 Å². The lowest BCUT2D eigenvalue weighted by atomic mass is 9.80. The van der Waals surface area contributed by atoms with Crippen molar-refractivity contribution in [3.63, 3.8) is 0 Å². The van der Waals surface area contributed by atoms with Crippen molar-refractivity contribution in [2.24, 2.45) is 11.7 Å². The number of hydrogen-bond acceptors (Lipinski definition) is 3. The Balaban J connectivity index is 4.02. The molecule has 2 atom stereocenters. The van der Waals surface area contributed by atoms with E-state index in [0.717, 1.165) is 12.8 Å². The summed E-state index contributed by atoms with van der Waals surface area (Å²) in [4.78, 5) is 0. The van der Waals surface area contributed by atoms with Crippen molar-refractivity contribution in [1.29, 1.82) is 0 Å². The summed E-state index contributed by atoms with van der Waals surface area (Å²) in [7, 11) is 0. The van der Waals surface area contributed by atoms with Crippen molar-refractivity contribution in [1.82, 2.24) is 0 Å². The van der Waals surface area contributed by atoms with E-state index in [0.29, 0.717) is 6.42 Å². The molecule has 3 heteroatoms. The number of unbranched alkanes of at least 4 members (excludes halogenated alkanes) is 3. The lowest BCUT2D eigenvalue weighted by Gasteiger charge is -2.32. The number of aliphatic hydroxyl groups is 2. The van der Waals surface area contributed by atoms with Gasteiger partial charge >= 0.3 is 0 Å². The van der Waals surface area contributed by atoms with Crippen molar-refractivity contribution in [3.05, 3.63) is 0 Å². The standard InChI is InChI=1S/C13H29NO2/c1-4-5-6-7-8-11(13(2,3)14)9-12(16)10-15/h11-12,15-16H,4-10,14H2,1-3H3. The average Bonchev–Trinajstić information content (AvgIpc) is 2.20. The second kappa shape index (κ2) is 8.04. The number of nitrogens with two attached hydrogens (primary N) is 1. The maximum atomic E-state index is 9.49. The van der Waals surface area contributed by atoms with Crippen LogP contribution in [-0.2, 0) is 0 Å². The highest BCUT2D eigenvalue weighted by Crippen LogP contribution is 2.25. The Hall–Kier alpha value is -0.120. The monoisotopic (exact) mass is 231 g/mol. The number of aliphatic hydroxyl groups excluding tert-OH is 2. The summed E-state index contributed by atoms with van der Waals surface area (Å²) < 4.78 is 0. The molecule has 0 saturated carbocycles. The summed E-state index contributed by atoms with van der Waals surface area (Å²) >= 11 is 0. The molecule has 0 aliphatic heterocycles. The third-order valence-corrected chi connectivity index (χ3v) is 3.23. The van der Waals surface area contributed by atoms with E-state index >= 15 is 0 Å². The summed E-state index contributed by atoms with van der Waals surface area (Å²) in [5.41, 5.74) is 5.83. The lowest BCUT2D eigenvalue weighted by molar-refractivity contribution is 0.0606. The van der Waals surface area contributed by atoms with Gasteiger partial charge in [-0.25, -0.2) is 0 Å². The lowest BCUT2D eigenvalue weighted by Crippen LogP contribution is -2.42. The van der Waals surface area contributed by atoms with Crippen LogP contribution < -0.4 is 5.73 Å². The summed E-state index contributed by atoms with van der Waals surface area (Å²) in [5.74, 6) is 0.284. The highest BCUT2D eigenvalue weighted by Gasteiger charge is 2.26. The molecule has 4 N–H and O–H groups in total. The van der Waals surface area contributed by atoms with Crippen LogP contribution in [0.3, 0.4) is 0 Å². The van der Waals surface area contributed by atoms with E-state index in [1.165, 1.54) is 19.3 Å². The Morgan fingerprint density at radius 1 is 1.19 bits per heavy atom. The molecule has 3 nitrogen and oxygen atoms in total. The van der Waals surface area contributed by atoms with Gasteiger partial charge in [-0.3, -0.25) is 0 Å². The maximum Gasteiger partial charge on any atom is 0.0774 e. The van der Waals surface area contributed by atoms with Crippen molar-refractivity contribution in [2.45, 2.75) is 70.9 Å². The minimum atomic E-state index is -0.626. The first-order chi connectivity index (χ1) is 7.41. The fraction of sp³-hybridized carbons (Fsp3) is 1.00. The maximum absolute atomic E-state index is 9.49. The van der Waals surface area contributed by atoms with Crippen LogP contribution in [0.1, 0.15) is 59.3 Å². The molecule has 0 bridgehead atoms. The van der Waals surface area contributed by atoms with Gasteiger partial charge in [-0.15, -0.1) is 0 Å². The molecule has 0 aliphatic rings. The van der Waals surface area contributed by atoms with E-state index in [-0.39, 0.29) is 18.1 Å². The Labute approximate surface area is 100 Å². The molecule has 0 amide bonds. The molecule has 0 aromatic rings. The van der Waals surface area contributed by atoms with Crippen molar-refractivity contribution in [2.75, 3.05) is 6.61 Å². The summed E-state index contributed by atoms with van der Waals surface area (Å²) in [5, 5.41) is 18.4. The minimum absolute atomic E-state index is 0.165. The fourth-order valence-corrected chi connectivity index (χ4v) is 2.01. The summed E-state index contributed by atoms with van der Waals surface area (Å²) in [6.07, 6.45) is 5.91. The van der Waals surface area contributed by atoms with Crippen LogP contribution in [0.15, 0.2) is 0 Å². The first kappa shape index (κ1) is 15.9. The molecule has 0 spiro atoms. The molecular formula is C13H29NO2. The molecule has 16 heavy (non-hydrogen) atoms. The topological polar surface area (TPSA) is 66.5 Å². The Bertz CT molecular complexity index is 166. The highest BCUT2D eigenvalue weighted by atomic mass is 16.3. The molecule has 98 valence electrons. The zero-order valence-corrected chi connectivity index (χ0v) is 11.1. The van der Waals surface area contributed by atoms with E-state index in [1.54, 1.807) is 0 Å². The fourth-order valence-electron chi connectivity index (χ4n) is 2.01. The Morgan fingerprint density at radius 2 is 1.81 bits per heavy atom. The normalized spacial score (nSPS) is 16.1. The molecule has 0 aromatic carbocycles. The first-order valence-corrected chi connectivity index (χ1v) is 6.49. The van der Waals surface area contributed by atoms with Crippen molar-refractivity contribution in [3.8, 4) is 0 Å². The van der Waals surface area contributed by atoms with Crippen LogP contribution in [0.25, 0.3) is 0 Å². The Morgan fingerprint density at radius 3 is 2.25 bits per heavy atom.